The smallest absolute Gasteiger partial charge is 0.409 e. The molecule has 0 radical (unpaired) electrons. The number of esters is 1. The first-order valence-electron chi connectivity index (χ1n) is 8.94. The summed E-state index contributed by atoms with van der Waals surface area (Å²) in [5.74, 6) is -0.959. The number of ether oxygens (including phenoxy) is 2. The molecule has 26 heavy (non-hydrogen) atoms. The molecular formula is C19H21F2NO4. The molecule has 1 spiro atoms. The number of hydrogen-bond acceptors (Lipinski definition) is 4. The number of hydrogen-bond donors (Lipinski definition) is 0. The van der Waals surface area contributed by atoms with Crippen LogP contribution in [0.1, 0.15) is 24.8 Å². The number of halogens is 2. The molecule has 0 bridgehead atoms. The average Bonchev–Trinajstić information content (AvgIpc) is 2.93. The van der Waals surface area contributed by atoms with E-state index in [1.54, 1.807) is 4.90 Å². The van der Waals surface area contributed by atoms with E-state index in [1.807, 2.05) is 0 Å². The maximum atomic E-state index is 13.7. The number of nitrogens with zero attached hydrogens (tertiary/aromatic N) is 1. The summed E-state index contributed by atoms with van der Waals surface area (Å²) in [4.78, 5) is 24.7. The molecule has 0 N–H and O–H groups in total. The van der Waals surface area contributed by atoms with Gasteiger partial charge in [-0.25, -0.2) is 13.6 Å². The van der Waals surface area contributed by atoms with Gasteiger partial charge in [0.1, 0.15) is 11.6 Å². The van der Waals surface area contributed by atoms with E-state index in [-0.39, 0.29) is 30.0 Å². The SMILES string of the molecule is O=C1C[C@@H](COC(=O)N2CC3(CC(Cc4ccc(F)cc4F)C3)C2)CO1. The highest BCUT2D eigenvalue weighted by atomic mass is 19.1. The second-order valence-corrected chi connectivity index (χ2v) is 7.90. The van der Waals surface area contributed by atoms with Gasteiger partial charge in [-0.3, -0.25) is 4.79 Å². The van der Waals surface area contributed by atoms with Gasteiger partial charge in [0, 0.05) is 30.5 Å². The van der Waals surface area contributed by atoms with Crippen LogP contribution in [-0.2, 0) is 20.7 Å². The van der Waals surface area contributed by atoms with E-state index in [2.05, 4.69) is 0 Å². The predicted molar refractivity (Wildman–Crippen MR) is 87.2 cm³/mol. The van der Waals surface area contributed by atoms with Crippen LogP contribution in [0.25, 0.3) is 0 Å². The van der Waals surface area contributed by atoms with E-state index >= 15 is 0 Å². The van der Waals surface area contributed by atoms with Crippen molar-refractivity contribution in [2.75, 3.05) is 26.3 Å². The lowest BCUT2D eigenvalue weighted by atomic mass is 9.56. The minimum atomic E-state index is -0.557. The number of amides is 1. The van der Waals surface area contributed by atoms with E-state index in [4.69, 9.17) is 9.47 Å². The van der Waals surface area contributed by atoms with Crippen LogP contribution in [-0.4, -0.2) is 43.3 Å². The van der Waals surface area contributed by atoms with Crippen molar-refractivity contribution in [1.29, 1.82) is 0 Å². The zero-order chi connectivity index (χ0) is 18.3. The largest absolute Gasteiger partial charge is 0.465 e. The van der Waals surface area contributed by atoms with Crippen molar-refractivity contribution in [1.82, 2.24) is 4.90 Å². The Balaban J connectivity index is 1.18. The summed E-state index contributed by atoms with van der Waals surface area (Å²) in [5, 5.41) is 0. The monoisotopic (exact) mass is 365 g/mol. The molecular weight excluding hydrogens is 344 g/mol. The molecule has 4 rings (SSSR count). The van der Waals surface area contributed by atoms with Gasteiger partial charge in [-0.15, -0.1) is 0 Å². The first kappa shape index (κ1) is 17.2. The number of rotatable bonds is 4. The van der Waals surface area contributed by atoms with E-state index in [9.17, 15) is 18.4 Å². The minimum Gasteiger partial charge on any atom is -0.465 e. The molecule has 5 nitrogen and oxygen atoms in total. The minimum absolute atomic E-state index is 0.0413. The fourth-order valence-corrected chi connectivity index (χ4v) is 4.41. The third-order valence-electron chi connectivity index (χ3n) is 5.66. The van der Waals surface area contributed by atoms with Crippen molar-refractivity contribution in [2.45, 2.75) is 25.7 Å². The van der Waals surface area contributed by atoms with Crippen LogP contribution in [0.3, 0.4) is 0 Å². The molecule has 0 unspecified atom stereocenters. The molecule has 1 amide bonds. The van der Waals surface area contributed by atoms with Gasteiger partial charge in [-0.1, -0.05) is 6.07 Å². The highest BCUT2D eigenvalue weighted by molar-refractivity contribution is 5.72. The van der Waals surface area contributed by atoms with Gasteiger partial charge < -0.3 is 14.4 Å². The molecule has 3 fully saturated rings. The molecule has 7 heteroatoms. The van der Waals surface area contributed by atoms with Gasteiger partial charge in [-0.05, 0) is 36.8 Å². The van der Waals surface area contributed by atoms with E-state index in [0.29, 0.717) is 44.0 Å². The molecule has 1 aliphatic carbocycles. The van der Waals surface area contributed by atoms with Crippen molar-refractivity contribution < 1.29 is 27.8 Å². The fraction of sp³-hybridized carbons (Fsp3) is 0.579. The number of carbonyl (C=O) groups is 2. The zero-order valence-corrected chi connectivity index (χ0v) is 14.4. The fourth-order valence-electron chi connectivity index (χ4n) is 4.41. The normalized spacial score (nSPS) is 24.2. The molecule has 1 saturated carbocycles. The Labute approximate surface area is 150 Å². The lowest BCUT2D eigenvalue weighted by Crippen LogP contribution is -2.64. The lowest BCUT2D eigenvalue weighted by Gasteiger charge is -2.58. The Hall–Kier alpha value is -2.18. The van der Waals surface area contributed by atoms with Crippen LogP contribution in [0, 0.1) is 28.9 Å². The molecule has 1 aromatic rings. The van der Waals surface area contributed by atoms with Crippen LogP contribution in [0.2, 0.25) is 0 Å². The van der Waals surface area contributed by atoms with Gasteiger partial charge in [0.15, 0.2) is 0 Å². The van der Waals surface area contributed by atoms with Crippen molar-refractivity contribution in [3.63, 3.8) is 0 Å². The molecule has 0 aromatic heterocycles. The van der Waals surface area contributed by atoms with Crippen molar-refractivity contribution >= 4 is 12.1 Å². The molecule has 2 aliphatic heterocycles. The molecule has 140 valence electrons. The summed E-state index contributed by atoms with van der Waals surface area (Å²) in [6.45, 7) is 1.85. The Morgan fingerprint density at radius 1 is 1.27 bits per heavy atom. The van der Waals surface area contributed by atoms with E-state index in [0.717, 1.165) is 18.9 Å². The van der Waals surface area contributed by atoms with Crippen LogP contribution in [0.15, 0.2) is 18.2 Å². The third kappa shape index (κ3) is 3.39. The summed E-state index contributed by atoms with van der Waals surface area (Å²) < 4.78 is 36.8. The highest BCUT2D eigenvalue weighted by Crippen LogP contribution is 2.53. The second-order valence-electron chi connectivity index (χ2n) is 7.90. The maximum Gasteiger partial charge on any atom is 0.409 e. The predicted octanol–water partition coefficient (Wildman–Crippen LogP) is 2.92. The number of carbonyl (C=O) groups excluding carboxylic acids is 2. The Morgan fingerprint density at radius 3 is 2.69 bits per heavy atom. The molecule has 2 heterocycles. The Kier molecular flexibility index (Phi) is 4.32. The topological polar surface area (TPSA) is 55.8 Å². The van der Waals surface area contributed by atoms with Crippen molar-refractivity contribution in [3.05, 3.63) is 35.4 Å². The van der Waals surface area contributed by atoms with Gasteiger partial charge in [0.05, 0.1) is 19.6 Å². The Morgan fingerprint density at radius 2 is 2.04 bits per heavy atom. The Bertz CT molecular complexity index is 724. The summed E-state index contributed by atoms with van der Waals surface area (Å²) >= 11 is 0. The van der Waals surface area contributed by atoms with Gasteiger partial charge >= 0.3 is 12.1 Å². The van der Waals surface area contributed by atoms with Gasteiger partial charge in [0.25, 0.3) is 0 Å². The van der Waals surface area contributed by atoms with Crippen LogP contribution in [0.5, 0.6) is 0 Å². The quantitative estimate of drug-likeness (QED) is 0.770. The number of likely N-dealkylation sites (tertiary alicyclic amines) is 1. The van der Waals surface area contributed by atoms with Gasteiger partial charge in [0.2, 0.25) is 0 Å². The summed E-state index contributed by atoms with van der Waals surface area (Å²) in [5.41, 5.74) is 0.683. The van der Waals surface area contributed by atoms with E-state index in [1.165, 1.54) is 12.1 Å². The third-order valence-corrected chi connectivity index (χ3v) is 5.66. The highest BCUT2D eigenvalue weighted by Gasteiger charge is 2.53. The number of benzene rings is 1. The number of cyclic esters (lactones) is 1. The lowest BCUT2D eigenvalue weighted by molar-refractivity contribution is -0.137. The maximum absolute atomic E-state index is 13.7. The summed E-state index contributed by atoms with van der Waals surface area (Å²) in [6.07, 6.45) is 2.45. The molecule has 3 aliphatic rings. The average molecular weight is 365 g/mol. The van der Waals surface area contributed by atoms with Gasteiger partial charge in [-0.2, -0.15) is 0 Å². The van der Waals surface area contributed by atoms with Crippen LogP contribution < -0.4 is 0 Å². The second kappa shape index (κ2) is 6.52. The first-order valence-corrected chi connectivity index (χ1v) is 8.94. The molecule has 2 saturated heterocycles. The van der Waals surface area contributed by atoms with Crippen molar-refractivity contribution in [3.8, 4) is 0 Å². The molecule has 1 atom stereocenters. The van der Waals surface area contributed by atoms with Crippen molar-refractivity contribution in [2.24, 2.45) is 17.3 Å². The molecule has 1 aromatic carbocycles. The van der Waals surface area contributed by atoms with E-state index < -0.39 is 11.6 Å². The van der Waals surface area contributed by atoms with Crippen LogP contribution in [0.4, 0.5) is 13.6 Å². The summed E-state index contributed by atoms with van der Waals surface area (Å²) in [7, 11) is 0. The van der Waals surface area contributed by atoms with Crippen LogP contribution >= 0.6 is 0 Å². The first-order chi connectivity index (χ1) is 12.4. The summed E-state index contributed by atoms with van der Waals surface area (Å²) in [6, 6.07) is 3.72. The standard InChI is InChI=1S/C19H21F2NO4/c20-15-2-1-14(16(21)5-15)3-12-6-19(7-12)10-22(11-19)18(24)26-9-13-4-17(23)25-8-13/h1-2,5,12-13H,3-4,6-11H2/t13-/m1/s1. The zero-order valence-electron chi connectivity index (χ0n) is 14.4.